The average Bonchev–Trinajstić information content (AvgIpc) is 2.43. The first-order chi connectivity index (χ1) is 7.24. The molecule has 0 radical (unpaired) electrons. The lowest BCUT2D eigenvalue weighted by molar-refractivity contribution is -0.120. The lowest BCUT2D eigenvalue weighted by Gasteiger charge is -2.22. The zero-order valence-corrected chi connectivity index (χ0v) is 10.0. The van der Waals surface area contributed by atoms with Gasteiger partial charge in [-0.25, -0.2) is 0 Å². The van der Waals surface area contributed by atoms with Crippen LogP contribution in [0.15, 0.2) is 0 Å². The molecule has 0 aliphatic carbocycles. The number of carbonyl (C=O) groups excluding carboxylic acids is 1. The van der Waals surface area contributed by atoms with E-state index >= 15 is 0 Å². The summed E-state index contributed by atoms with van der Waals surface area (Å²) in [5.41, 5.74) is 0. The highest BCUT2D eigenvalue weighted by Crippen LogP contribution is 1.97. The van der Waals surface area contributed by atoms with Crippen LogP contribution in [-0.4, -0.2) is 42.1 Å². The number of unbranched alkanes of at least 4 members (excludes halogenated alkanes) is 1. The molecule has 5 heteroatoms. The monoisotopic (exact) mass is 229 g/mol. The maximum atomic E-state index is 11.3. The Bertz CT molecular complexity index is 233. The Labute approximate surface area is 96.4 Å². The molecule has 1 aliphatic heterocycles. The Morgan fingerprint density at radius 1 is 1.67 bits per heavy atom. The van der Waals surface area contributed by atoms with Crippen LogP contribution in [0.1, 0.15) is 26.2 Å². The summed E-state index contributed by atoms with van der Waals surface area (Å²) in [7, 11) is 0. The SMILES string of the molecule is CCCCNC(=S)N1CCCNC(=O)C1. The number of carbonyl (C=O) groups is 1. The Hall–Kier alpha value is -0.840. The van der Waals surface area contributed by atoms with Gasteiger partial charge >= 0.3 is 0 Å². The highest BCUT2D eigenvalue weighted by Gasteiger charge is 2.16. The van der Waals surface area contributed by atoms with Gasteiger partial charge in [0.05, 0.1) is 6.54 Å². The number of rotatable bonds is 3. The van der Waals surface area contributed by atoms with Crippen molar-refractivity contribution in [3.63, 3.8) is 0 Å². The van der Waals surface area contributed by atoms with Gasteiger partial charge in [-0.3, -0.25) is 4.79 Å². The summed E-state index contributed by atoms with van der Waals surface area (Å²) < 4.78 is 0. The van der Waals surface area contributed by atoms with Crippen molar-refractivity contribution in [3.8, 4) is 0 Å². The van der Waals surface area contributed by atoms with E-state index in [1.807, 2.05) is 4.90 Å². The van der Waals surface area contributed by atoms with Gasteiger partial charge in [-0.1, -0.05) is 13.3 Å². The Morgan fingerprint density at radius 2 is 2.47 bits per heavy atom. The van der Waals surface area contributed by atoms with Crippen LogP contribution in [0.3, 0.4) is 0 Å². The molecule has 2 N–H and O–H groups in total. The number of thiocarbonyl (C=S) groups is 1. The summed E-state index contributed by atoms with van der Waals surface area (Å²) in [5.74, 6) is 0.0622. The first-order valence-corrected chi connectivity index (χ1v) is 5.94. The van der Waals surface area contributed by atoms with Gasteiger partial charge in [-0.05, 0) is 25.1 Å². The van der Waals surface area contributed by atoms with Crippen molar-refractivity contribution in [2.24, 2.45) is 0 Å². The Morgan fingerprint density at radius 3 is 3.20 bits per heavy atom. The van der Waals surface area contributed by atoms with Crippen LogP contribution >= 0.6 is 12.2 Å². The summed E-state index contributed by atoms with van der Waals surface area (Å²) in [4.78, 5) is 13.2. The molecule has 1 saturated heterocycles. The zero-order chi connectivity index (χ0) is 11.1. The van der Waals surface area contributed by atoms with Gasteiger partial charge in [-0.2, -0.15) is 0 Å². The summed E-state index contributed by atoms with van der Waals surface area (Å²) in [5, 5.41) is 6.72. The Kier molecular flexibility index (Phi) is 5.39. The first-order valence-electron chi connectivity index (χ1n) is 5.53. The van der Waals surface area contributed by atoms with E-state index in [1.165, 1.54) is 0 Å². The molecule has 0 aromatic rings. The van der Waals surface area contributed by atoms with Crippen LogP contribution in [0.2, 0.25) is 0 Å². The van der Waals surface area contributed by atoms with E-state index in [0.717, 1.165) is 38.9 Å². The molecule has 1 rings (SSSR count). The molecule has 1 fully saturated rings. The van der Waals surface area contributed by atoms with Crippen molar-refractivity contribution in [1.82, 2.24) is 15.5 Å². The van der Waals surface area contributed by atoms with Crippen LogP contribution in [0.25, 0.3) is 0 Å². The molecule has 0 atom stereocenters. The molecule has 0 aromatic heterocycles. The molecular weight excluding hydrogens is 210 g/mol. The minimum Gasteiger partial charge on any atom is -0.363 e. The van der Waals surface area contributed by atoms with Crippen molar-refractivity contribution in [1.29, 1.82) is 0 Å². The van der Waals surface area contributed by atoms with E-state index in [0.29, 0.717) is 11.7 Å². The second-order valence-corrected chi connectivity index (χ2v) is 4.10. The molecule has 1 aliphatic rings. The quantitative estimate of drug-likeness (QED) is 0.546. The largest absolute Gasteiger partial charge is 0.363 e. The molecule has 4 nitrogen and oxygen atoms in total. The molecule has 0 unspecified atom stereocenters. The summed E-state index contributed by atoms with van der Waals surface area (Å²) in [6.07, 6.45) is 3.22. The molecular formula is C10H19N3OS. The minimum absolute atomic E-state index is 0.0622. The molecule has 86 valence electrons. The number of nitrogens with one attached hydrogen (secondary N) is 2. The molecule has 0 spiro atoms. The van der Waals surface area contributed by atoms with Gasteiger partial charge in [0.1, 0.15) is 0 Å². The van der Waals surface area contributed by atoms with Gasteiger partial charge in [0.15, 0.2) is 5.11 Å². The third-order valence-electron chi connectivity index (χ3n) is 2.36. The summed E-state index contributed by atoms with van der Waals surface area (Å²) >= 11 is 5.24. The van der Waals surface area contributed by atoms with Gasteiger partial charge in [0.2, 0.25) is 5.91 Å². The molecule has 0 aromatic carbocycles. The maximum absolute atomic E-state index is 11.3. The van der Waals surface area contributed by atoms with Crippen LogP contribution in [0.4, 0.5) is 0 Å². The molecule has 0 bridgehead atoms. The van der Waals surface area contributed by atoms with E-state index in [-0.39, 0.29) is 5.91 Å². The first kappa shape index (κ1) is 12.2. The van der Waals surface area contributed by atoms with E-state index in [4.69, 9.17) is 12.2 Å². The van der Waals surface area contributed by atoms with E-state index in [1.54, 1.807) is 0 Å². The van der Waals surface area contributed by atoms with Crippen LogP contribution in [0.5, 0.6) is 0 Å². The Balaban J connectivity index is 2.33. The third-order valence-corrected chi connectivity index (χ3v) is 2.76. The lowest BCUT2D eigenvalue weighted by Crippen LogP contribution is -2.43. The predicted octanol–water partition coefficient (Wildman–Crippen LogP) is 0.483. The number of hydrogen-bond donors (Lipinski definition) is 2. The minimum atomic E-state index is 0.0622. The average molecular weight is 229 g/mol. The molecule has 0 saturated carbocycles. The second-order valence-electron chi connectivity index (χ2n) is 3.71. The predicted molar refractivity (Wildman–Crippen MR) is 64.7 cm³/mol. The summed E-state index contributed by atoms with van der Waals surface area (Å²) in [6, 6.07) is 0. The molecule has 1 heterocycles. The van der Waals surface area contributed by atoms with Crippen molar-refractivity contribution >= 4 is 23.2 Å². The fourth-order valence-corrected chi connectivity index (χ4v) is 1.72. The van der Waals surface area contributed by atoms with E-state index < -0.39 is 0 Å². The van der Waals surface area contributed by atoms with E-state index in [2.05, 4.69) is 17.6 Å². The zero-order valence-electron chi connectivity index (χ0n) is 9.21. The lowest BCUT2D eigenvalue weighted by atomic mass is 10.3. The fourth-order valence-electron chi connectivity index (χ4n) is 1.46. The van der Waals surface area contributed by atoms with Crippen molar-refractivity contribution in [3.05, 3.63) is 0 Å². The standard InChI is InChI=1S/C10H19N3OS/c1-2-3-5-12-10(15)13-7-4-6-11-9(14)8-13/h2-8H2,1H3,(H,11,14)(H,12,15). The fraction of sp³-hybridized carbons (Fsp3) is 0.800. The van der Waals surface area contributed by atoms with Crippen molar-refractivity contribution < 1.29 is 4.79 Å². The van der Waals surface area contributed by atoms with Crippen molar-refractivity contribution in [2.75, 3.05) is 26.2 Å². The van der Waals surface area contributed by atoms with Gasteiger partial charge in [0, 0.05) is 19.6 Å². The highest BCUT2D eigenvalue weighted by molar-refractivity contribution is 7.80. The van der Waals surface area contributed by atoms with Crippen molar-refractivity contribution in [2.45, 2.75) is 26.2 Å². The number of nitrogens with zero attached hydrogens (tertiary/aromatic N) is 1. The normalized spacial score (nSPS) is 16.9. The van der Waals surface area contributed by atoms with Gasteiger partial charge in [-0.15, -0.1) is 0 Å². The number of hydrogen-bond acceptors (Lipinski definition) is 2. The smallest absolute Gasteiger partial charge is 0.239 e. The van der Waals surface area contributed by atoms with Gasteiger partial charge < -0.3 is 15.5 Å². The van der Waals surface area contributed by atoms with Crippen LogP contribution in [0, 0.1) is 0 Å². The van der Waals surface area contributed by atoms with Gasteiger partial charge in [0.25, 0.3) is 0 Å². The second kappa shape index (κ2) is 6.61. The molecule has 15 heavy (non-hydrogen) atoms. The van der Waals surface area contributed by atoms with E-state index in [9.17, 15) is 4.79 Å². The molecule has 1 amide bonds. The third kappa shape index (κ3) is 4.46. The maximum Gasteiger partial charge on any atom is 0.239 e. The summed E-state index contributed by atoms with van der Waals surface area (Å²) in [6.45, 7) is 5.04. The van der Waals surface area contributed by atoms with Crippen LogP contribution < -0.4 is 10.6 Å². The number of amides is 1. The van der Waals surface area contributed by atoms with Crippen LogP contribution in [-0.2, 0) is 4.79 Å². The highest BCUT2D eigenvalue weighted by atomic mass is 32.1. The topological polar surface area (TPSA) is 44.4 Å².